The second-order valence-electron chi connectivity index (χ2n) is 5.19. The van der Waals surface area contributed by atoms with E-state index in [0.29, 0.717) is 5.92 Å². The van der Waals surface area contributed by atoms with E-state index in [1.54, 1.807) is 6.21 Å². The minimum atomic E-state index is 0.645. The van der Waals surface area contributed by atoms with E-state index >= 15 is 0 Å². The molecule has 0 N–H and O–H groups in total. The van der Waals surface area contributed by atoms with Gasteiger partial charge in [-0.1, -0.05) is 63.0 Å². The molecule has 0 aromatic rings. The van der Waals surface area contributed by atoms with Gasteiger partial charge in [0, 0.05) is 12.4 Å². The van der Waals surface area contributed by atoms with Crippen LogP contribution in [-0.2, 0) is 0 Å². The molecule has 0 atom stereocenters. The summed E-state index contributed by atoms with van der Waals surface area (Å²) in [6, 6.07) is 0. The Morgan fingerprint density at radius 2 is 1.75 bits per heavy atom. The number of hydrogen-bond donors (Lipinski definition) is 0. The van der Waals surface area contributed by atoms with Gasteiger partial charge in [-0.15, -0.1) is 0 Å². The van der Waals surface area contributed by atoms with E-state index in [1.165, 1.54) is 17.3 Å². The molecule has 1 heteroatoms. The molecule has 0 aliphatic rings. The highest BCUT2D eigenvalue weighted by molar-refractivity contribution is 5.73. The molecule has 20 heavy (non-hydrogen) atoms. The van der Waals surface area contributed by atoms with Crippen LogP contribution in [0.3, 0.4) is 0 Å². The van der Waals surface area contributed by atoms with Gasteiger partial charge in [0.1, 0.15) is 0 Å². The van der Waals surface area contributed by atoms with Crippen molar-refractivity contribution in [3.05, 3.63) is 72.5 Å². The highest BCUT2D eigenvalue weighted by atomic mass is 14.6. The summed E-state index contributed by atoms with van der Waals surface area (Å²) in [5.74, 6) is 0.645. The van der Waals surface area contributed by atoms with Crippen molar-refractivity contribution in [2.75, 3.05) is 0 Å². The summed E-state index contributed by atoms with van der Waals surface area (Å²) in [4.78, 5) is 3.95. The highest BCUT2D eigenvalue weighted by Gasteiger charge is 1.96. The summed E-state index contributed by atoms with van der Waals surface area (Å²) in [6.07, 6.45) is 16.7. The summed E-state index contributed by atoms with van der Waals surface area (Å²) < 4.78 is 0. The fourth-order valence-corrected chi connectivity index (χ4v) is 1.73. The lowest BCUT2D eigenvalue weighted by molar-refractivity contribution is 0.650. The zero-order chi connectivity index (χ0) is 15.4. The standard InChI is InChI=1S/C19H27N/c1-7-9-19(14-16(3)4)11-10-17(5)15-18(6)12-13-20-8-2/h7-13,15-16H,1-2,14H2,3-6H3/b11-10+,17-15+,18-12+,19-9+,20-13?. The number of aliphatic imine (C=N–C) groups is 1. The first kappa shape index (κ1) is 18.1. The van der Waals surface area contributed by atoms with Crippen molar-refractivity contribution in [1.82, 2.24) is 0 Å². The van der Waals surface area contributed by atoms with Gasteiger partial charge in [-0.3, -0.25) is 4.99 Å². The lowest BCUT2D eigenvalue weighted by Crippen LogP contribution is -1.89. The van der Waals surface area contributed by atoms with Crippen LogP contribution >= 0.6 is 0 Å². The summed E-state index contributed by atoms with van der Waals surface area (Å²) in [6.45, 7) is 15.9. The molecule has 0 fully saturated rings. The summed E-state index contributed by atoms with van der Waals surface area (Å²) in [5.41, 5.74) is 3.68. The van der Waals surface area contributed by atoms with Crippen molar-refractivity contribution in [3.63, 3.8) is 0 Å². The van der Waals surface area contributed by atoms with Crippen LogP contribution in [0.25, 0.3) is 0 Å². The van der Waals surface area contributed by atoms with Gasteiger partial charge in [-0.2, -0.15) is 0 Å². The molecule has 0 unspecified atom stereocenters. The third-order valence-electron chi connectivity index (χ3n) is 2.52. The van der Waals surface area contributed by atoms with Crippen LogP contribution in [0.1, 0.15) is 34.1 Å². The lowest BCUT2D eigenvalue weighted by Gasteiger charge is -2.05. The van der Waals surface area contributed by atoms with Gasteiger partial charge in [-0.25, -0.2) is 0 Å². The monoisotopic (exact) mass is 269 g/mol. The average Bonchev–Trinajstić information content (AvgIpc) is 2.36. The minimum Gasteiger partial charge on any atom is -0.265 e. The van der Waals surface area contributed by atoms with Crippen LogP contribution in [0.5, 0.6) is 0 Å². The molecule has 0 rings (SSSR count). The Morgan fingerprint density at radius 1 is 1.05 bits per heavy atom. The predicted octanol–water partition coefficient (Wildman–Crippen LogP) is 5.81. The van der Waals surface area contributed by atoms with Crippen LogP contribution in [0, 0.1) is 5.92 Å². The van der Waals surface area contributed by atoms with E-state index < -0.39 is 0 Å². The smallest absolute Gasteiger partial charge is 0.0270 e. The van der Waals surface area contributed by atoms with Gasteiger partial charge in [-0.05, 0) is 43.4 Å². The van der Waals surface area contributed by atoms with Crippen molar-refractivity contribution in [1.29, 1.82) is 0 Å². The average molecular weight is 269 g/mol. The Bertz CT molecular complexity index is 454. The fraction of sp³-hybridized carbons (Fsp3) is 0.316. The second-order valence-corrected chi connectivity index (χ2v) is 5.19. The van der Waals surface area contributed by atoms with Crippen LogP contribution in [-0.4, -0.2) is 6.21 Å². The number of nitrogens with zero attached hydrogens (tertiary/aromatic N) is 1. The first-order chi connectivity index (χ1) is 9.49. The first-order valence-electron chi connectivity index (χ1n) is 6.98. The molecule has 108 valence electrons. The van der Waals surface area contributed by atoms with Crippen LogP contribution in [0.15, 0.2) is 77.5 Å². The molecule has 0 saturated heterocycles. The van der Waals surface area contributed by atoms with Crippen molar-refractivity contribution >= 4 is 6.21 Å². The van der Waals surface area contributed by atoms with Gasteiger partial charge in [0.2, 0.25) is 0 Å². The van der Waals surface area contributed by atoms with Crippen molar-refractivity contribution in [3.8, 4) is 0 Å². The Hall–Kier alpha value is -1.89. The Morgan fingerprint density at radius 3 is 2.30 bits per heavy atom. The third-order valence-corrected chi connectivity index (χ3v) is 2.52. The van der Waals surface area contributed by atoms with E-state index in [4.69, 9.17) is 0 Å². The molecule has 0 heterocycles. The molecular formula is C19H27N. The van der Waals surface area contributed by atoms with Gasteiger partial charge in [0.15, 0.2) is 0 Å². The zero-order valence-corrected chi connectivity index (χ0v) is 13.3. The van der Waals surface area contributed by atoms with E-state index in [2.05, 4.69) is 70.1 Å². The SMILES string of the molecule is C=C\C=C(/C=C/C(C)=C/C(C)=C/C=NC=C)CC(C)C. The van der Waals surface area contributed by atoms with Crippen molar-refractivity contribution in [2.45, 2.75) is 34.1 Å². The second kappa shape index (κ2) is 11.0. The van der Waals surface area contributed by atoms with E-state index in [0.717, 1.165) is 12.0 Å². The molecule has 0 aliphatic carbocycles. The normalized spacial score (nSPS) is 14.6. The van der Waals surface area contributed by atoms with Crippen LogP contribution in [0.4, 0.5) is 0 Å². The Labute approximate surface area is 124 Å². The molecule has 0 aliphatic heterocycles. The molecule has 0 spiro atoms. The zero-order valence-electron chi connectivity index (χ0n) is 13.3. The molecule has 0 amide bonds. The fourth-order valence-electron chi connectivity index (χ4n) is 1.73. The van der Waals surface area contributed by atoms with Crippen LogP contribution in [0.2, 0.25) is 0 Å². The van der Waals surface area contributed by atoms with Crippen molar-refractivity contribution in [2.24, 2.45) is 10.9 Å². The quantitative estimate of drug-likeness (QED) is 0.389. The first-order valence-corrected chi connectivity index (χ1v) is 6.98. The maximum Gasteiger partial charge on any atom is 0.0270 e. The van der Waals surface area contributed by atoms with E-state index in [9.17, 15) is 0 Å². The Balaban J connectivity index is 4.81. The van der Waals surface area contributed by atoms with Gasteiger partial charge in [0.25, 0.3) is 0 Å². The molecule has 0 bridgehead atoms. The molecular weight excluding hydrogens is 242 g/mol. The highest BCUT2D eigenvalue weighted by Crippen LogP contribution is 2.13. The van der Waals surface area contributed by atoms with Crippen molar-refractivity contribution < 1.29 is 0 Å². The molecule has 0 aromatic heterocycles. The minimum absolute atomic E-state index is 0.645. The lowest BCUT2D eigenvalue weighted by atomic mass is 10.0. The summed E-state index contributed by atoms with van der Waals surface area (Å²) in [5, 5.41) is 0. The number of allylic oxidation sites excluding steroid dienone is 9. The van der Waals surface area contributed by atoms with Gasteiger partial charge >= 0.3 is 0 Å². The van der Waals surface area contributed by atoms with Crippen LogP contribution < -0.4 is 0 Å². The van der Waals surface area contributed by atoms with Gasteiger partial charge in [0.05, 0.1) is 0 Å². The molecule has 1 nitrogen and oxygen atoms in total. The maximum atomic E-state index is 3.95. The summed E-state index contributed by atoms with van der Waals surface area (Å²) in [7, 11) is 0. The maximum absolute atomic E-state index is 3.95. The number of rotatable bonds is 8. The van der Waals surface area contributed by atoms with Gasteiger partial charge < -0.3 is 0 Å². The molecule has 0 saturated carbocycles. The summed E-state index contributed by atoms with van der Waals surface area (Å²) >= 11 is 0. The number of hydrogen-bond acceptors (Lipinski definition) is 1. The third kappa shape index (κ3) is 10.1. The topological polar surface area (TPSA) is 12.4 Å². The predicted molar refractivity (Wildman–Crippen MR) is 93.1 cm³/mol. The van der Waals surface area contributed by atoms with E-state index in [1.807, 2.05) is 12.2 Å². The molecule has 0 aromatic carbocycles. The van der Waals surface area contributed by atoms with E-state index in [-0.39, 0.29) is 0 Å². The molecule has 0 radical (unpaired) electrons. The Kier molecular flexibility index (Phi) is 9.94. The largest absolute Gasteiger partial charge is 0.265 e.